The highest BCUT2D eigenvalue weighted by molar-refractivity contribution is 5.71. The Morgan fingerprint density at radius 2 is 0.528 bits per heavy atom. The van der Waals surface area contributed by atoms with Crippen LogP contribution in [0.5, 0.6) is 0 Å². The molecule has 6 nitrogen and oxygen atoms in total. The zero-order chi connectivity index (χ0) is 52.2. The first-order valence-corrected chi connectivity index (χ1v) is 29.7. The van der Waals surface area contributed by atoms with Gasteiger partial charge >= 0.3 is 17.9 Å². The highest BCUT2D eigenvalue weighted by atomic mass is 16.6. The average Bonchev–Trinajstić information content (AvgIpc) is 3.38. The third kappa shape index (κ3) is 56.7. The Bertz CT molecular complexity index is 1520. The Balaban J connectivity index is 4.50. The van der Waals surface area contributed by atoms with E-state index in [1.165, 1.54) is 109 Å². The second-order valence-electron chi connectivity index (χ2n) is 19.5. The molecule has 72 heavy (non-hydrogen) atoms. The summed E-state index contributed by atoms with van der Waals surface area (Å²) < 4.78 is 16.9. The zero-order valence-corrected chi connectivity index (χ0v) is 46.7. The van der Waals surface area contributed by atoms with Crippen LogP contribution < -0.4 is 0 Å². The van der Waals surface area contributed by atoms with Crippen molar-refractivity contribution < 1.29 is 28.6 Å². The molecule has 0 saturated heterocycles. The van der Waals surface area contributed by atoms with Gasteiger partial charge in [0.1, 0.15) is 13.2 Å². The fourth-order valence-electron chi connectivity index (χ4n) is 7.97. The summed E-state index contributed by atoms with van der Waals surface area (Å²) in [7, 11) is 0. The summed E-state index contributed by atoms with van der Waals surface area (Å²) in [5.41, 5.74) is 0. The van der Waals surface area contributed by atoms with Gasteiger partial charge in [-0.3, -0.25) is 14.4 Å². The van der Waals surface area contributed by atoms with E-state index in [1.807, 2.05) is 48.6 Å². The summed E-state index contributed by atoms with van der Waals surface area (Å²) in [6, 6.07) is 0. The van der Waals surface area contributed by atoms with Gasteiger partial charge in [-0.2, -0.15) is 0 Å². The molecule has 0 aromatic heterocycles. The van der Waals surface area contributed by atoms with Crippen LogP contribution in [-0.4, -0.2) is 37.2 Å². The monoisotopic (exact) mass is 997 g/mol. The molecular formula is C66H108O6. The lowest BCUT2D eigenvalue weighted by molar-refractivity contribution is -0.167. The molecule has 6 heteroatoms. The fourth-order valence-corrected chi connectivity index (χ4v) is 7.97. The third-order valence-electron chi connectivity index (χ3n) is 12.4. The lowest BCUT2D eigenvalue weighted by atomic mass is 10.0. The van der Waals surface area contributed by atoms with Gasteiger partial charge < -0.3 is 14.2 Å². The molecule has 0 N–H and O–H groups in total. The minimum atomic E-state index is -0.806. The first kappa shape index (κ1) is 67.8. The minimum absolute atomic E-state index is 0.0983. The summed E-state index contributed by atoms with van der Waals surface area (Å²) in [5.74, 6) is -0.946. The second-order valence-corrected chi connectivity index (χ2v) is 19.5. The van der Waals surface area contributed by atoms with E-state index in [4.69, 9.17) is 14.2 Å². The smallest absolute Gasteiger partial charge is 0.306 e. The van der Waals surface area contributed by atoms with E-state index < -0.39 is 6.10 Å². The standard InChI is InChI=1S/C66H108O6/c1-4-7-10-13-16-19-22-25-28-31-34-37-40-43-46-49-52-55-58-64(67)70-61-63(72-66(69)60-57-54-51-48-45-42-39-36-33-30-27-24-21-18-15-12-9-6-3)62-71-65(68)59-56-53-50-47-44-41-38-35-32-29-26-23-20-17-14-11-8-5-2/h10,12-13,15-16,18-19,21-22,24-25,27-28,30-31,33-34,36-37,39,63H,4-9,11,14,17,20,23,26,29,32,35,38,40-62H2,1-3H3/b13-10-,15-12-,19-16-,21-18-,25-22-,27-24-,31-28-,33-30-,37-34-,39-36-. The average molecular weight is 998 g/mol. The lowest BCUT2D eigenvalue weighted by Crippen LogP contribution is -2.30. The summed E-state index contributed by atoms with van der Waals surface area (Å²) in [4.78, 5) is 38.2. The van der Waals surface area contributed by atoms with Crippen molar-refractivity contribution in [3.8, 4) is 0 Å². The molecule has 0 aromatic carbocycles. The number of esters is 3. The van der Waals surface area contributed by atoms with Gasteiger partial charge in [0.15, 0.2) is 6.10 Å². The van der Waals surface area contributed by atoms with E-state index in [9.17, 15) is 14.4 Å². The van der Waals surface area contributed by atoms with E-state index >= 15 is 0 Å². The molecule has 0 rings (SSSR count). The molecule has 0 saturated carbocycles. The van der Waals surface area contributed by atoms with E-state index in [2.05, 4.69) is 93.7 Å². The number of ether oxygens (including phenoxy) is 3. The number of unbranched alkanes of at least 4 members (excludes halogenated alkanes) is 29. The van der Waals surface area contributed by atoms with Crippen LogP contribution in [0, 0.1) is 0 Å². The van der Waals surface area contributed by atoms with Crippen molar-refractivity contribution in [2.75, 3.05) is 13.2 Å². The first-order valence-electron chi connectivity index (χ1n) is 29.7. The SMILES string of the molecule is CCC\C=C/C=C\C=C/C=C\C=C/CCCCCCCC(=O)OCC(COC(=O)CCCCCCCCCCCCCCCCCCCC)OC(=O)CCCCCCC\C=C/C=C\C=C/C=C\C=C/CCC. The van der Waals surface area contributed by atoms with Crippen molar-refractivity contribution in [3.05, 3.63) is 122 Å². The summed E-state index contributed by atoms with van der Waals surface area (Å²) >= 11 is 0. The maximum atomic E-state index is 12.9. The van der Waals surface area contributed by atoms with E-state index in [0.29, 0.717) is 19.3 Å². The van der Waals surface area contributed by atoms with Crippen molar-refractivity contribution in [2.45, 2.75) is 264 Å². The van der Waals surface area contributed by atoms with Crippen molar-refractivity contribution in [1.82, 2.24) is 0 Å². The Morgan fingerprint density at radius 3 is 0.833 bits per heavy atom. The van der Waals surface area contributed by atoms with Crippen LogP contribution >= 0.6 is 0 Å². The molecule has 408 valence electrons. The Hall–Kier alpha value is -4.19. The molecule has 0 fully saturated rings. The Morgan fingerprint density at radius 1 is 0.278 bits per heavy atom. The van der Waals surface area contributed by atoms with Crippen LogP contribution in [0.25, 0.3) is 0 Å². The molecule has 0 aliphatic heterocycles. The zero-order valence-electron chi connectivity index (χ0n) is 46.7. The maximum absolute atomic E-state index is 12.9. The molecule has 0 amide bonds. The molecule has 0 aliphatic rings. The summed E-state index contributed by atoms with van der Waals surface area (Å²) in [5, 5.41) is 0. The van der Waals surface area contributed by atoms with Gasteiger partial charge in [0.25, 0.3) is 0 Å². The predicted molar refractivity (Wildman–Crippen MR) is 311 cm³/mol. The van der Waals surface area contributed by atoms with Crippen LogP contribution in [0.2, 0.25) is 0 Å². The number of rotatable bonds is 52. The van der Waals surface area contributed by atoms with Crippen molar-refractivity contribution in [2.24, 2.45) is 0 Å². The fraction of sp³-hybridized carbons (Fsp3) is 0.652. The van der Waals surface area contributed by atoms with Crippen molar-refractivity contribution >= 4 is 17.9 Å². The predicted octanol–water partition coefficient (Wildman–Crippen LogP) is 20.0. The maximum Gasteiger partial charge on any atom is 0.306 e. The first-order chi connectivity index (χ1) is 35.5. The molecule has 0 radical (unpaired) electrons. The second kappa shape index (κ2) is 59.4. The van der Waals surface area contributed by atoms with Crippen LogP contribution in [0.4, 0.5) is 0 Å². The molecule has 0 heterocycles. The Labute approximate surface area is 443 Å². The third-order valence-corrected chi connectivity index (χ3v) is 12.4. The Kier molecular flexibility index (Phi) is 55.9. The van der Waals surface area contributed by atoms with Crippen LogP contribution in [0.3, 0.4) is 0 Å². The van der Waals surface area contributed by atoms with Gasteiger partial charge in [0, 0.05) is 19.3 Å². The highest BCUT2D eigenvalue weighted by Crippen LogP contribution is 2.16. The van der Waals surface area contributed by atoms with Crippen LogP contribution in [-0.2, 0) is 28.6 Å². The van der Waals surface area contributed by atoms with Crippen molar-refractivity contribution in [3.63, 3.8) is 0 Å². The van der Waals surface area contributed by atoms with Gasteiger partial charge in [-0.25, -0.2) is 0 Å². The number of carbonyl (C=O) groups is 3. The summed E-state index contributed by atoms with van der Waals surface area (Å²) in [6.07, 6.45) is 81.7. The van der Waals surface area contributed by atoms with Crippen molar-refractivity contribution in [1.29, 1.82) is 0 Å². The normalized spacial score (nSPS) is 13.0. The number of hydrogen-bond acceptors (Lipinski definition) is 6. The van der Waals surface area contributed by atoms with Gasteiger partial charge in [-0.15, -0.1) is 0 Å². The molecule has 0 spiro atoms. The number of carbonyl (C=O) groups excluding carboxylic acids is 3. The minimum Gasteiger partial charge on any atom is -0.462 e. The molecule has 0 aliphatic carbocycles. The van der Waals surface area contributed by atoms with Crippen LogP contribution in [0.15, 0.2) is 122 Å². The molecule has 0 aromatic rings. The van der Waals surface area contributed by atoms with E-state index in [1.54, 1.807) is 0 Å². The topological polar surface area (TPSA) is 78.9 Å². The molecule has 1 atom stereocenters. The summed E-state index contributed by atoms with van der Waals surface area (Å²) in [6.45, 7) is 6.43. The molecular weight excluding hydrogens is 889 g/mol. The van der Waals surface area contributed by atoms with Gasteiger partial charge in [0.05, 0.1) is 0 Å². The van der Waals surface area contributed by atoms with Gasteiger partial charge in [-0.1, -0.05) is 303 Å². The number of hydrogen-bond donors (Lipinski definition) is 0. The number of allylic oxidation sites excluding steroid dienone is 20. The van der Waals surface area contributed by atoms with Gasteiger partial charge in [-0.05, 0) is 57.8 Å². The van der Waals surface area contributed by atoms with E-state index in [-0.39, 0.29) is 31.1 Å². The molecule has 0 bridgehead atoms. The quantitative estimate of drug-likeness (QED) is 0.0261. The highest BCUT2D eigenvalue weighted by Gasteiger charge is 2.19. The largest absolute Gasteiger partial charge is 0.462 e. The lowest BCUT2D eigenvalue weighted by Gasteiger charge is -2.18. The molecule has 1 unspecified atom stereocenters. The van der Waals surface area contributed by atoms with E-state index in [0.717, 1.165) is 109 Å². The van der Waals surface area contributed by atoms with Crippen LogP contribution in [0.1, 0.15) is 258 Å². The van der Waals surface area contributed by atoms with Gasteiger partial charge in [0.2, 0.25) is 0 Å².